The molecule has 1 aromatic rings. The van der Waals surface area contributed by atoms with Crippen molar-refractivity contribution in [1.82, 2.24) is 0 Å². The third kappa shape index (κ3) is 2.75. The second kappa shape index (κ2) is 5.16. The second-order valence-corrected chi connectivity index (χ2v) is 4.11. The van der Waals surface area contributed by atoms with Gasteiger partial charge in [-0.05, 0) is 13.0 Å². The van der Waals surface area contributed by atoms with Crippen molar-refractivity contribution in [3.8, 4) is 5.75 Å². The van der Waals surface area contributed by atoms with E-state index in [4.69, 9.17) is 16.7 Å². The Hall–Kier alpha value is -1.59. The van der Waals surface area contributed by atoms with Crippen LogP contribution in [0.3, 0.4) is 0 Å². The van der Waals surface area contributed by atoms with Crippen LogP contribution < -0.4 is 0 Å². The van der Waals surface area contributed by atoms with E-state index in [1.807, 2.05) is 0 Å². The molecular formula is C11H11ClO5. The zero-order chi connectivity index (χ0) is 13.2. The summed E-state index contributed by atoms with van der Waals surface area (Å²) in [5.74, 6) is -2.57. The lowest BCUT2D eigenvalue weighted by molar-refractivity contribution is -0.147. The van der Waals surface area contributed by atoms with Crippen LogP contribution in [0.5, 0.6) is 5.75 Å². The Morgan fingerprint density at radius 3 is 2.41 bits per heavy atom. The number of carboxylic acid groups (broad SMARTS) is 1. The van der Waals surface area contributed by atoms with Crippen molar-refractivity contribution in [3.05, 3.63) is 29.3 Å². The molecule has 17 heavy (non-hydrogen) atoms. The van der Waals surface area contributed by atoms with E-state index < -0.39 is 29.0 Å². The van der Waals surface area contributed by atoms with Crippen molar-refractivity contribution in [1.29, 1.82) is 0 Å². The Morgan fingerprint density at radius 1 is 1.35 bits per heavy atom. The molecule has 5 nitrogen and oxygen atoms in total. The Labute approximate surface area is 102 Å². The maximum atomic E-state index is 11.7. The summed E-state index contributed by atoms with van der Waals surface area (Å²) in [6.45, 7) is 1.42. The fourth-order valence-corrected chi connectivity index (χ4v) is 1.51. The quantitative estimate of drug-likeness (QED) is 0.559. The van der Waals surface area contributed by atoms with Gasteiger partial charge in [-0.15, -0.1) is 11.6 Å². The number of aliphatic hydroxyl groups is 1. The van der Waals surface area contributed by atoms with Crippen LogP contribution in [-0.4, -0.2) is 32.4 Å². The number of rotatable bonds is 4. The number of ketones is 1. The highest BCUT2D eigenvalue weighted by molar-refractivity contribution is 6.33. The van der Waals surface area contributed by atoms with Crippen LogP contribution in [0.1, 0.15) is 28.9 Å². The molecule has 6 heteroatoms. The van der Waals surface area contributed by atoms with Gasteiger partial charge in [-0.1, -0.05) is 12.1 Å². The Morgan fingerprint density at radius 2 is 1.94 bits per heavy atom. The normalized spacial score (nSPS) is 14.1. The molecule has 0 spiro atoms. The number of carboxylic acids is 1. The first-order valence-electron chi connectivity index (χ1n) is 4.77. The minimum absolute atomic E-state index is 0.0950. The molecule has 0 saturated heterocycles. The van der Waals surface area contributed by atoms with Crippen LogP contribution in [0, 0.1) is 0 Å². The van der Waals surface area contributed by atoms with E-state index in [2.05, 4.69) is 0 Å². The molecule has 0 aliphatic heterocycles. The molecule has 3 N–H and O–H groups in total. The molecular weight excluding hydrogens is 248 g/mol. The topological polar surface area (TPSA) is 94.8 Å². The Balaban J connectivity index is 3.36. The molecule has 92 valence electrons. The molecule has 0 fully saturated rings. The van der Waals surface area contributed by atoms with E-state index in [1.165, 1.54) is 25.1 Å². The number of carbonyl (C=O) groups excluding carboxylic acids is 1. The number of alkyl halides is 1. The van der Waals surface area contributed by atoms with Crippen molar-refractivity contribution >= 4 is 23.4 Å². The predicted molar refractivity (Wildman–Crippen MR) is 60.3 cm³/mol. The van der Waals surface area contributed by atoms with Gasteiger partial charge in [0.15, 0.2) is 11.9 Å². The summed E-state index contributed by atoms with van der Waals surface area (Å²) in [6.07, 6.45) is -1.97. The molecule has 0 bridgehead atoms. The number of hydrogen-bond donors (Lipinski definition) is 3. The minimum atomic E-state index is -1.97. The summed E-state index contributed by atoms with van der Waals surface area (Å²) in [4.78, 5) is 22.4. The number of Topliss-reactive ketones (excluding diaryl/α,β-unsaturated/α-hetero) is 1. The van der Waals surface area contributed by atoms with Crippen LogP contribution in [-0.2, 0) is 4.79 Å². The smallest absolute Gasteiger partial charge is 0.337 e. The summed E-state index contributed by atoms with van der Waals surface area (Å²) in [7, 11) is 0. The van der Waals surface area contributed by atoms with E-state index in [0.29, 0.717) is 0 Å². The van der Waals surface area contributed by atoms with Gasteiger partial charge in [-0.25, -0.2) is 4.79 Å². The fourth-order valence-electron chi connectivity index (χ4n) is 1.39. The average Bonchev–Trinajstić information content (AvgIpc) is 2.26. The van der Waals surface area contributed by atoms with Crippen molar-refractivity contribution in [2.75, 3.05) is 0 Å². The van der Waals surface area contributed by atoms with Crippen LogP contribution in [0.2, 0.25) is 0 Å². The van der Waals surface area contributed by atoms with Gasteiger partial charge in [0.25, 0.3) is 0 Å². The first kappa shape index (κ1) is 13.5. The molecule has 2 atom stereocenters. The Bertz CT molecular complexity index is 455. The highest BCUT2D eigenvalue weighted by Crippen LogP contribution is 2.29. The van der Waals surface area contributed by atoms with Crippen LogP contribution >= 0.6 is 11.6 Å². The summed E-state index contributed by atoms with van der Waals surface area (Å²) in [5.41, 5.74) is -0.431. The lowest BCUT2D eigenvalue weighted by atomic mass is 9.97. The predicted octanol–water partition coefficient (Wildman–Crippen LogP) is 1.32. The fraction of sp³-hybridized carbons (Fsp3) is 0.273. The molecule has 1 aromatic carbocycles. The minimum Gasteiger partial charge on any atom is -0.508 e. The number of aliphatic hydroxyl groups excluding tert-OH is 1. The number of carbonyl (C=O) groups is 2. The number of aliphatic carboxylic acids is 1. The lowest BCUT2D eigenvalue weighted by Gasteiger charge is -2.14. The van der Waals surface area contributed by atoms with Crippen molar-refractivity contribution < 1.29 is 24.9 Å². The van der Waals surface area contributed by atoms with E-state index in [1.54, 1.807) is 0 Å². The van der Waals surface area contributed by atoms with Gasteiger partial charge < -0.3 is 15.3 Å². The maximum absolute atomic E-state index is 11.7. The molecule has 0 radical (unpaired) electrons. The third-order valence-electron chi connectivity index (χ3n) is 2.22. The molecule has 0 amide bonds. The molecule has 1 rings (SSSR count). The average molecular weight is 259 g/mol. The largest absolute Gasteiger partial charge is 0.508 e. The van der Waals surface area contributed by atoms with Crippen molar-refractivity contribution in [2.45, 2.75) is 18.4 Å². The number of aromatic hydroxyl groups is 1. The highest BCUT2D eigenvalue weighted by atomic mass is 35.5. The van der Waals surface area contributed by atoms with Gasteiger partial charge in [0.1, 0.15) is 5.75 Å². The van der Waals surface area contributed by atoms with Gasteiger partial charge >= 0.3 is 5.97 Å². The molecule has 0 aliphatic rings. The van der Waals surface area contributed by atoms with Gasteiger partial charge in [-0.3, -0.25) is 4.79 Å². The molecule has 2 unspecified atom stereocenters. The summed E-state index contributed by atoms with van der Waals surface area (Å²) < 4.78 is 0. The standard InChI is InChI=1S/C11H11ClO5/c1-5(12)9(14)6-3-2-4-7(13)8(6)10(15)11(16)17/h2-5,10,13,15H,1H3,(H,16,17). The van der Waals surface area contributed by atoms with Crippen LogP contribution in [0.25, 0.3) is 0 Å². The molecule has 0 heterocycles. The van der Waals surface area contributed by atoms with E-state index in [9.17, 15) is 19.8 Å². The van der Waals surface area contributed by atoms with E-state index >= 15 is 0 Å². The molecule has 0 saturated carbocycles. The van der Waals surface area contributed by atoms with Crippen molar-refractivity contribution in [2.24, 2.45) is 0 Å². The Kier molecular flexibility index (Phi) is 4.09. The van der Waals surface area contributed by atoms with E-state index in [0.717, 1.165) is 0 Å². The molecule has 0 aromatic heterocycles. The number of phenolic OH excluding ortho intramolecular Hbond substituents is 1. The first-order chi connectivity index (χ1) is 7.86. The second-order valence-electron chi connectivity index (χ2n) is 3.46. The van der Waals surface area contributed by atoms with Crippen LogP contribution in [0.15, 0.2) is 18.2 Å². The van der Waals surface area contributed by atoms with Gasteiger partial charge in [0.2, 0.25) is 0 Å². The third-order valence-corrected chi connectivity index (χ3v) is 2.42. The van der Waals surface area contributed by atoms with Gasteiger partial charge in [0, 0.05) is 11.1 Å². The van der Waals surface area contributed by atoms with Gasteiger partial charge in [0.05, 0.1) is 5.38 Å². The first-order valence-corrected chi connectivity index (χ1v) is 5.21. The number of halogens is 1. The lowest BCUT2D eigenvalue weighted by Crippen LogP contribution is -2.18. The SMILES string of the molecule is CC(Cl)C(=O)c1cccc(O)c1C(O)C(=O)O. The number of benzene rings is 1. The molecule has 0 aliphatic carbocycles. The maximum Gasteiger partial charge on any atom is 0.337 e. The highest BCUT2D eigenvalue weighted by Gasteiger charge is 2.27. The van der Waals surface area contributed by atoms with E-state index in [-0.39, 0.29) is 11.1 Å². The summed E-state index contributed by atoms with van der Waals surface area (Å²) >= 11 is 5.61. The number of phenols is 1. The summed E-state index contributed by atoms with van der Waals surface area (Å²) in [5, 5.41) is 26.8. The van der Waals surface area contributed by atoms with Crippen LogP contribution in [0.4, 0.5) is 0 Å². The van der Waals surface area contributed by atoms with Crippen molar-refractivity contribution in [3.63, 3.8) is 0 Å². The number of hydrogen-bond acceptors (Lipinski definition) is 4. The zero-order valence-corrected chi connectivity index (χ0v) is 9.68. The van der Waals surface area contributed by atoms with Gasteiger partial charge in [-0.2, -0.15) is 0 Å². The monoisotopic (exact) mass is 258 g/mol. The zero-order valence-electron chi connectivity index (χ0n) is 8.92. The summed E-state index contributed by atoms with van der Waals surface area (Å²) in [6, 6.07) is 3.87.